The van der Waals surface area contributed by atoms with Gasteiger partial charge < -0.3 is 10.2 Å². The van der Waals surface area contributed by atoms with Crippen LogP contribution in [0.4, 0.5) is 0 Å². The minimum atomic E-state index is 0. The molecule has 2 unspecified atom stereocenters. The zero-order valence-electron chi connectivity index (χ0n) is 29.1. The molecule has 0 heterocycles. The standard InChI is InChI=1S/C22H23BrClN.C21H22ClN.BrH.ClH/c1-25(2)22(17-8-5-9-18(23)15-17)12-6-7-16-13-14-21(24)20-11-4-3-10-19(16)20;1-15-5-3-6-17-13-16(9-11-20(15)17)10-12-21(23-2)18-7-4-8-19(22)14-18;;/h3-5,8-11,13-15,22H,6-7,12H2,1-2H3;3-9,11,13-14,21,23H,10,12H2,1-2H3;2*1H. The Morgan fingerprint density at radius 1 is 0.700 bits per heavy atom. The summed E-state index contributed by atoms with van der Waals surface area (Å²) in [6, 6.07) is 43.4. The van der Waals surface area contributed by atoms with Crippen molar-refractivity contribution in [1.82, 2.24) is 10.2 Å². The van der Waals surface area contributed by atoms with Gasteiger partial charge in [0.25, 0.3) is 0 Å². The van der Waals surface area contributed by atoms with Crippen LogP contribution in [0.5, 0.6) is 0 Å². The van der Waals surface area contributed by atoms with Crippen LogP contribution in [0.15, 0.2) is 126 Å². The van der Waals surface area contributed by atoms with Crippen LogP contribution in [0, 0.1) is 6.92 Å². The van der Waals surface area contributed by atoms with Crippen molar-refractivity contribution in [2.24, 2.45) is 0 Å². The second-order valence-electron chi connectivity index (χ2n) is 12.7. The average molecular weight is 858 g/mol. The highest BCUT2D eigenvalue weighted by Crippen LogP contribution is 2.30. The zero-order valence-corrected chi connectivity index (χ0v) is 34.8. The molecule has 50 heavy (non-hydrogen) atoms. The summed E-state index contributed by atoms with van der Waals surface area (Å²) in [7, 11) is 6.32. The van der Waals surface area contributed by atoms with Crippen molar-refractivity contribution in [3.05, 3.63) is 164 Å². The second-order valence-corrected chi connectivity index (χ2v) is 14.5. The van der Waals surface area contributed by atoms with Crippen molar-refractivity contribution in [2.75, 3.05) is 21.1 Å². The molecule has 1 N–H and O–H groups in total. The summed E-state index contributed by atoms with van der Waals surface area (Å²) in [5.41, 5.74) is 6.70. The van der Waals surface area contributed by atoms with Crippen LogP contribution in [-0.2, 0) is 12.8 Å². The van der Waals surface area contributed by atoms with E-state index in [0.29, 0.717) is 12.1 Å². The molecule has 0 aliphatic heterocycles. The Bertz CT molecular complexity index is 1960. The van der Waals surface area contributed by atoms with Crippen molar-refractivity contribution in [1.29, 1.82) is 0 Å². The van der Waals surface area contributed by atoms with Crippen molar-refractivity contribution in [3.63, 3.8) is 0 Å². The van der Waals surface area contributed by atoms with Crippen LogP contribution in [0.2, 0.25) is 10.0 Å². The van der Waals surface area contributed by atoms with Crippen LogP contribution in [-0.4, -0.2) is 26.0 Å². The van der Waals surface area contributed by atoms with E-state index in [1.54, 1.807) is 0 Å². The fraction of sp³-hybridized carbons (Fsp3) is 0.256. The summed E-state index contributed by atoms with van der Waals surface area (Å²) >= 11 is 16.0. The molecular weight excluding hydrogens is 811 g/mol. The molecule has 0 aliphatic rings. The number of nitrogens with one attached hydrogen (secondary N) is 1. The molecule has 7 heteroatoms. The summed E-state index contributed by atoms with van der Waals surface area (Å²) < 4.78 is 1.14. The molecule has 264 valence electrons. The first-order valence-corrected chi connectivity index (χ1v) is 18.3. The smallest absolute Gasteiger partial charge is 0.0484 e. The zero-order chi connectivity index (χ0) is 34.0. The Morgan fingerprint density at radius 2 is 1.42 bits per heavy atom. The third-order valence-electron chi connectivity index (χ3n) is 9.23. The van der Waals surface area contributed by atoms with Gasteiger partial charge in [0, 0.05) is 32.0 Å². The average Bonchev–Trinajstić information content (AvgIpc) is 3.08. The molecule has 6 rings (SSSR count). The Balaban J connectivity index is 0.000000261. The minimum absolute atomic E-state index is 0. The molecule has 0 saturated carbocycles. The summed E-state index contributed by atoms with van der Waals surface area (Å²) in [6.45, 7) is 2.16. The van der Waals surface area contributed by atoms with Gasteiger partial charge in [-0.2, -0.15) is 0 Å². The molecule has 0 saturated heterocycles. The third-order valence-corrected chi connectivity index (χ3v) is 10.3. The van der Waals surface area contributed by atoms with E-state index in [9.17, 15) is 0 Å². The van der Waals surface area contributed by atoms with E-state index in [1.165, 1.54) is 44.0 Å². The van der Waals surface area contributed by atoms with Gasteiger partial charge in [-0.15, -0.1) is 29.4 Å². The largest absolute Gasteiger partial charge is 0.313 e. The van der Waals surface area contributed by atoms with Gasteiger partial charge >= 0.3 is 0 Å². The molecule has 0 spiro atoms. The highest BCUT2D eigenvalue weighted by atomic mass is 79.9. The Morgan fingerprint density at radius 3 is 2.14 bits per heavy atom. The molecule has 0 radical (unpaired) electrons. The van der Waals surface area contributed by atoms with Gasteiger partial charge in [-0.25, -0.2) is 0 Å². The predicted molar refractivity (Wildman–Crippen MR) is 230 cm³/mol. The quantitative estimate of drug-likeness (QED) is 0.140. The van der Waals surface area contributed by atoms with Crippen LogP contribution in [0.25, 0.3) is 21.5 Å². The van der Waals surface area contributed by atoms with E-state index in [2.05, 4.69) is 138 Å². The van der Waals surface area contributed by atoms with Gasteiger partial charge in [-0.1, -0.05) is 130 Å². The second kappa shape index (κ2) is 20.6. The number of nitrogens with zero attached hydrogens (tertiary/aromatic N) is 1. The van der Waals surface area contributed by atoms with Crippen LogP contribution in [0.3, 0.4) is 0 Å². The maximum atomic E-state index is 6.34. The fourth-order valence-corrected chi connectivity index (χ4v) is 7.47. The number of aryl methyl sites for hydroxylation is 3. The minimum Gasteiger partial charge on any atom is -0.313 e. The van der Waals surface area contributed by atoms with E-state index >= 15 is 0 Å². The summed E-state index contributed by atoms with van der Waals surface area (Å²) in [5, 5.41) is 10.1. The van der Waals surface area contributed by atoms with Gasteiger partial charge in [0.15, 0.2) is 0 Å². The first-order chi connectivity index (χ1) is 23.2. The topological polar surface area (TPSA) is 15.3 Å². The number of hydrogen-bond acceptors (Lipinski definition) is 2. The van der Waals surface area contributed by atoms with Gasteiger partial charge in [-0.3, -0.25) is 0 Å². The molecular formula is C43H47Br2Cl3N2. The summed E-state index contributed by atoms with van der Waals surface area (Å²) in [5.74, 6) is 0. The maximum absolute atomic E-state index is 6.34. The maximum Gasteiger partial charge on any atom is 0.0484 e. The summed E-state index contributed by atoms with van der Waals surface area (Å²) in [6.07, 6.45) is 5.42. The van der Waals surface area contributed by atoms with Crippen LogP contribution >= 0.6 is 68.5 Å². The Hall–Kier alpha value is -2.41. The summed E-state index contributed by atoms with van der Waals surface area (Å²) in [4.78, 5) is 2.31. The third kappa shape index (κ3) is 11.3. The van der Waals surface area contributed by atoms with Gasteiger partial charge in [0.05, 0.1) is 0 Å². The molecule has 0 bridgehead atoms. The van der Waals surface area contributed by atoms with Gasteiger partial charge in [0.2, 0.25) is 0 Å². The van der Waals surface area contributed by atoms with Crippen molar-refractivity contribution in [3.8, 4) is 0 Å². The Kier molecular flexibility index (Phi) is 17.3. The highest BCUT2D eigenvalue weighted by molar-refractivity contribution is 9.10. The van der Waals surface area contributed by atoms with E-state index in [-0.39, 0.29) is 29.4 Å². The number of hydrogen-bond donors (Lipinski definition) is 1. The number of benzene rings is 6. The first-order valence-electron chi connectivity index (χ1n) is 16.7. The van der Waals surface area contributed by atoms with E-state index in [1.807, 2.05) is 37.4 Å². The lowest BCUT2D eigenvalue weighted by Gasteiger charge is -2.25. The lowest BCUT2D eigenvalue weighted by atomic mass is 9.96. The van der Waals surface area contributed by atoms with Crippen molar-refractivity contribution in [2.45, 2.75) is 51.1 Å². The number of rotatable bonds is 11. The number of halogens is 5. The SMILES string of the molecule is Br.CN(C)C(CCCc1ccc(Cl)c2ccccc12)c1cccc(Br)c1.CNC(CCc1ccc2c(C)cccc2c1)c1cccc(Cl)c1.Cl. The monoisotopic (exact) mass is 854 g/mol. The molecule has 0 aliphatic carbocycles. The molecule has 6 aromatic rings. The lowest BCUT2D eigenvalue weighted by molar-refractivity contribution is 0.279. The molecule has 0 amide bonds. The van der Waals surface area contributed by atoms with E-state index < -0.39 is 0 Å². The van der Waals surface area contributed by atoms with Crippen LogP contribution in [0.1, 0.15) is 59.2 Å². The fourth-order valence-electron chi connectivity index (χ4n) is 6.63. The molecule has 2 atom stereocenters. The first kappa shape index (κ1) is 42.0. The van der Waals surface area contributed by atoms with E-state index in [0.717, 1.165) is 52.0 Å². The Labute approximate surface area is 333 Å². The van der Waals surface area contributed by atoms with Crippen LogP contribution < -0.4 is 5.32 Å². The normalized spacial score (nSPS) is 12.1. The molecule has 0 aromatic heterocycles. The van der Waals surface area contributed by atoms with Crippen molar-refractivity contribution < 1.29 is 0 Å². The predicted octanol–water partition coefficient (Wildman–Crippen LogP) is 13.6. The molecule has 0 fully saturated rings. The van der Waals surface area contributed by atoms with Gasteiger partial charge in [0.1, 0.15) is 0 Å². The molecule has 2 nitrogen and oxygen atoms in total. The van der Waals surface area contributed by atoms with E-state index in [4.69, 9.17) is 23.2 Å². The van der Waals surface area contributed by atoms with Gasteiger partial charge in [-0.05, 0) is 134 Å². The molecule has 6 aromatic carbocycles. The van der Waals surface area contributed by atoms with Crippen molar-refractivity contribution >= 4 is 90.1 Å². The highest BCUT2D eigenvalue weighted by Gasteiger charge is 2.15. The number of fused-ring (bicyclic) bond motifs is 2. The lowest BCUT2D eigenvalue weighted by Crippen LogP contribution is -2.20.